The minimum absolute atomic E-state index is 0.0180. The summed E-state index contributed by atoms with van der Waals surface area (Å²) in [5.41, 5.74) is -2.24. The Kier molecular flexibility index (Phi) is 7.70. The van der Waals surface area contributed by atoms with Crippen molar-refractivity contribution in [1.82, 2.24) is 15.5 Å². The number of rotatable bonds is 10. The van der Waals surface area contributed by atoms with Crippen LogP contribution in [-0.2, 0) is 19.1 Å². The van der Waals surface area contributed by atoms with Gasteiger partial charge in [-0.05, 0) is 57.8 Å². The van der Waals surface area contributed by atoms with E-state index in [2.05, 4.69) is 38.3 Å². The third-order valence-corrected chi connectivity index (χ3v) is 8.33. The van der Waals surface area contributed by atoms with Crippen molar-refractivity contribution in [3.8, 4) is 0 Å². The maximum Gasteiger partial charge on any atom is 0.246 e. The number of aliphatic hydroxyl groups is 1. The van der Waals surface area contributed by atoms with Crippen molar-refractivity contribution in [2.24, 2.45) is 23.2 Å². The number of hydrogen-bond acceptors (Lipinski definition) is 5. The number of aliphatic hydroxyl groups excluding tert-OH is 1. The first-order valence-electron chi connectivity index (χ1n) is 13.3. The lowest BCUT2D eigenvalue weighted by atomic mass is 9.62. The molecule has 3 amide bonds. The Morgan fingerprint density at radius 3 is 2.31 bits per heavy atom. The van der Waals surface area contributed by atoms with Crippen LogP contribution >= 0.6 is 0 Å². The van der Waals surface area contributed by atoms with Gasteiger partial charge in [0.1, 0.15) is 11.6 Å². The largest absolute Gasteiger partial charge is 0.396 e. The maximum atomic E-state index is 14.0. The summed E-state index contributed by atoms with van der Waals surface area (Å²) in [5.74, 6) is -1.79. The highest BCUT2D eigenvalue weighted by Gasteiger charge is 2.79. The molecule has 1 spiro atoms. The number of carbonyl (C=O) groups excluding carboxylic acids is 3. The predicted molar refractivity (Wildman–Crippen MR) is 134 cm³/mol. The first kappa shape index (κ1) is 27.9. The highest BCUT2D eigenvalue weighted by Crippen LogP contribution is 2.65. The zero-order valence-corrected chi connectivity index (χ0v) is 23.0. The van der Waals surface area contributed by atoms with Gasteiger partial charge >= 0.3 is 0 Å². The molecule has 0 aliphatic carbocycles. The molecule has 6 atom stereocenters. The first-order chi connectivity index (χ1) is 16.1. The number of hydrogen-bond donors (Lipinski definition) is 3. The summed E-state index contributed by atoms with van der Waals surface area (Å²) in [4.78, 5) is 42.7. The molecule has 3 aliphatic heterocycles. The second-order valence-corrected chi connectivity index (χ2v) is 13.1. The zero-order chi connectivity index (χ0) is 26.4. The van der Waals surface area contributed by atoms with Crippen molar-refractivity contribution < 1.29 is 24.2 Å². The van der Waals surface area contributed by atoms with Crippen LogP contribution in [0, 0.1) is 23.2 Å². The van der Waals surface area contributed by atoms with Crippen LogP contribution < -0.4 is 10.6 Å². The van der Waals surface area contributed by atoms with E-state index in [0.717, 1.165) is 32.1 Å². The molecule has 3 rings (SSSR count). The molecule has 0 aromatic heterocycles. The van der Waals surface area contributed by atoms with E-state index < -0.39 is 34.6 Å². The van der Waals surface area contributed by atoms with E-state index in [0.29, 0.717) is 13.0 Å². The number of nitrogens with zero attached hydrogens (tertiary/aromatic N) is 1. The summed E-state index contributed by atoms with van der Waals surface area (Å²) < 4.78 is 6.70. The fourth-order valence-corrected chi connectivity index (χ4v) is 7.35. The Morgan fingerprint density at radius 2 is 1.74 bits per heavy atom. The van der Waals surface area contributed by atoms with E-state index in [9.17, 15) is 14.4 Å². The van der Waals surface area contributed by atoms with Crippen molar-refractivity contribution in [3.63, 3.8) is 0 Å². The van der Waals surface area contributed by atoms with E-state index in [4.69, 9.17) is 9.84 Å². The second kappa shape index (κ2) is 9.66. The van der Waals surface area contributed by atoms with Crippen LogP contribution in [0.25, 0.3) is 0 Å². The van der Waals surface area contributed by atoms with Crippen molar-refractivity contribution in [2.75, 3.05) is 20.2 Å². The van der Waals surface area contributed by atoms with E-state index in [1.165, 1.54) is 0 Å². The zero-order valence-electron chi connectivity index (χ0n) is 23.0. The molecule has 2 bridgehead atoms. The van der Waals surface area contributed by atoms with Gasteiger partial charge in [-0.15, -0.1) is 0 Å². The van der Waals surface area contributed by atoms with Crippen molar-refractivity contribution in [1.29, 1.82) is 0 Å². The average molecular weight is 494 g/mol. The standard InChI is InChI=1S/C27H47N3O5/c1-17-15-27-19(18(21(32)28-8)26(17,7)35-27)23(34)30(13-11-9-10-12-14-31)20(27)22(33)29-25(5,6)16-24(2,3)4/h17-20,31H,9-16H2,1-8H3,(H,28,32)(H,29,33)/t17?,18-,19+,20?,26+,27?/m1/s1. The smallest absolute Gasteiger partial charge is 0.246 e. The van der Waals surface area contributed by atoms with Gasteiger partial charge in [0.25, 0.3) is 0 Å². The number of ether oxygens (including phenoxy) is 1. The lowest BCUT2D eigenvalue weighted by Crippen LogP contribution is -2.59. The van der Waals surface area contributed by atoms with Gasteiger partial charge < -0.3 is 25.4 Å². The molecular weight excluding hydrogens is 446 g/mol. The Balaban J connectivity index is 1.96. The predicted octanol–water partition coefficient (Wildman–Crippen LogP) is 2.63. The summed E-state index contributed by atoms with van der Waals surface area (Å²) in [6.07, 6.45) is 4.55. The van der Waals surface area contributed by atoms with E-state index in [1.807, 2.05) is 20.8 Å². The molecule has 3 unspecified atom stereocenters. The molecule has 0 aromatic carbocycles. The molecule has 3 aliphatic rings. The Labute approximate surface area is 210 Å². The second-order valence-electron chi connectivity index (χ2n) is 13.1. The summed E-state index contributed by atoms with van der Waals surface area (Å²) in [6.45, 7) is 15.0. The Bertz CT molecular complexity index is 837. The molecule has 0 radical (unpaired) electrons. The van der Waals surface area contributed by atoms with E-state index in [1.54, 1.807) is 11.9 Å². The third kappa shape index (κ3) is 4.97. The minimum atomic E-state index is -1.00. The lowest BCUT2D eigenvalue weighted by Gasteiger charge is -2.38. The number of carbonyl (C=O) groups is 3. The van der Waals surface area contributed by atoms with Crippen LogP contribution in [0.4, 0.5) is 0 Å². The molecule has 8 heteroatoms. The number of nitrogens with one attached hydrogen (secondary N) is 2. The highest BCUT2D eigenvalue weighted by atomic mass is 16.5. The summed E-state index contributed by atoms with van der Waals surface area (Å²) in [5, 5.41) is 15.1. The molecule has 35 heavy (non-hydrogen) atoms. The average Bonchev–Trinajstić information content (AvgIpc) is 3.22. The molecule has 8 nitrogen and oxygen atoms in total. The Morgan fingerprint density at radius 1 is 1.11 bits per heavy atom. The fraction of sp³-hybridized carbons (Fsp3) is 0.889. The fourth-order valence-electron chi connectivity index (χ4n) is 7.35. The SMILES string of the molecule is CNC(=O)[C@H]1[C@H]2C(=O)N(CCCCCCO)C(C(=O)NC(C)(C)CC(C)(C)C)C23CC(C)[C@]1(C)O3. The van der Waals surface area contributed by atoms with Gasteiger partial charge in [-0.1, -0.05) is 40.5 Å². The topological polar surface area (TPSA) is 108 Å². The van der Waals surface area contributed by atoms with Gasteiger partial charge in [0.2, 0.25) is 17.7 Å². The molecule has 200 valence electrons. The monoisotopic (exact) mass is 493 g/mol. The molecule has 0 saturated carbocycles. The van der Waals surface area contributed by atoms with Gasteiger partial charge in [0, 0.05) is 25.7 Å². The van der Waals surface area contributed by atoms with Crippen LogP contribution in [0.5, 0.6) is 0 Å². The first-order valence-corrected chi connectivity index (χ1v) is 13.3. The molecule has 3 N–H and O–H groups in total. The van der Waals surface area contributed by atoms with Crippen molar-refractivity contribution in [3.05, 3.63) is 0 Å². The van der Waals surface area contributed by atoms with Gasteiger partial charge in [0.05, 0.1) is 17.4 Å². The summed E-state index contributed by atoms with van der Waals surface area (Å²) in [6, 6.07) is -0.768. The van der Waals surface area contributed by atoms with Gasteiger partial charge in [-0.3, -0.25) is 14.4 Å². The van der Waals surface area contributed by atoms with Crippen molar-refractivity contribution >= 4 is 17.7 Å². The molecule has 3 heterocycles. The number of unbranched alkanes of at least 4 members (excludes halogenated alkanes) is 3. The van der Waals surface area contributed by atoms with Crippen LogP contribution in [0.15, 0.2) is 0 Å². The van der Waals surface area contributed by atoms with E-state index >= 15 is 0 Å². The number of likely N-dealkylation sites (tertiary alicyclic amines) is 1. The molecular formula is C27H47N3O5. The Hall–Kier alpha value is -1.67. The van der Waals surface area contributed by atoms with Gasteiger partial charge in [0.15, 0.2) is 0 Å². The molecule has 3 saturated heterocycles. The van der Waals surface area contributed by atoms with Crippen LogP contribution in [0.1, 0.15) is 87.0 Å². The van der Waals surface area contributed by atoms with Gasteiger partial charge in [-0.2, -0.15) is 0 Å². The normalized spacial score (nSPS) is 34.3. The van der Waals surface area contributed by atoms with Crippen LogP contribution in [0.3, 0.4) is 0 Å². The molecule has 3 fully saturated rings. The van der Waals surface area contributed by atoms with Gasteiger partial charge in [-0.25, -0.2) is 0 Å². The summed E-state index contributed by atoms with van der Waals surface area (Å²) in [7, 11) is 1.59. The lowest BCUT2D eigenvalue weighted by molar-refractivity contribution is -0.148. The number of amides is 3. The minimum Gasteiger partial charge on any atom is -0.396 e. The highest BCUT2D eigenvalue weighted by molar-refractivity contribution is 5.99. The quantitative estimate of drug-likeness (QED) is 0.406. The summed E-state index contributed by atoms with van der Waals surface area (Å²) >= 11 is 0. The number of fused-ring (bicyclic) bond motifs is 1. The molecule has 0 aromatic rings. The third-order valence-electron chi connectivity index (χ3n) is 8.33. The van der Waals surface area contributed by atoms with Crippen LogP contribution in [0.2, 0.25) is 0 Å². The maximum absolute atomic E-state index is 14.0. The van der Waals surface area contributed by atoms with Crippen molar-refractivity contribution in [2.45, 2.75) is 110 Å². The van der Waals surface area contributed by atoms with Crippen LogP contribution in [-0.4, -0.2) is 70.7 Å². The van der Waals surface area contributed by atoms with E-state index in [-0.39, 0.29) is 35.7 Å².